The van der Waals surface area contributed by atoms with Crippen LogP contribution in [0.2, 0.25) is 5.02 Å². The lowest BCUT2D eigenvalue weighted by atomic mass is 9.84. The minimum absolute atomic E-state index is 0.0121. The zero-order valence-corrected chi connectivity index (χ0v) is 24.4. The Kier molecular flexibility index (Phi) is 8.45. The minimum atomic E-state index is -0.832. The Bertz CT molecular complexity index is 1470. The van der Waals surface area contributed by atoms with Gasteiger partial charge in [0.2, 0.25) is 5.91 Å². The molecule has 42 heavy (non-hydrogen) atoms. The van der Waals surface area contributed by atoms with Crippen LogP contribution in [0.4, 0.5) is 5.69 Å². The summed E-state index contributed by atoms with van der Waals surface area (Å²) in [6, 6.07) is 23.1. The van der Waals surface area contributed by atoms with E-state index in [1.165, 1.54) is 0 Å². The SMILES string of the molecule is O=C(CN1C(=O)c2ccccc2/C(=C/CCN2CCC(O)(c3ccc(Cl)cc3)CC2)c2ccccc21)N1CCOCC1. The summed E-state index contributed by atoms with van der Waals surface area (Å²) >= 11 is 6.05. The maximum Gasteiger partial charge on any atom is 0.259 e. The van der Waals surface area contributed by atoms with E-state index in [0.29, 0.717) is 49.7 Å². The standard InChI is InChI=1S/C34H36ClN3O4/c35-26-13-11-25(12-14-26)34(41)15-18-36(19-16-34)17-5-9-27-28-6-1-2-8-30(28)33(40)38(31-10-4-3-7-29(27)31)24-32(39)37-20-22-42-23-21-37/h1-4,6-14,41H,5,15-24H2/b27-9-. The number of piperidine rings is 1. The van der Waals surface area contributed by atoms with Gasteiger partial charge in [0.05, 0.1) is 24.5 Å². The van der Waals surface area contributed by atoms with E-state index in [9.17, 15) is 14.7 Å². The number of amides is 2. The Balaban J connectivity index is 1.22. The lowest BCUT2D eigenvalue weighted by molar-refractivity contribution is -0.133. The Labute approximate surface area is 251 Å². The third-order valence-corrected chi connectivity index (χ3v) is 8.95. The largest absolute Gasteiger partial charge is 0.385 e. The number of carbonyl (C=O) groups is 2. The molecule has 1 N–H and O–H groups in total. The number of likely N-dealkylation sites (tertiary alicyclic amines) is 1. The van der Waals surface area contributed by atoms with Crippen LogP contribution in [-0.4, -0.2) is 79.2 Å². The molecule has 0 atom stereocenters. The average molecular weight is 586 g/mol. The van der Waals surface area contributed by atoms with Gasteiger partial charge >= 0.3 is 0 Å². The summed E-state index contributed by atoms with van der Waals surface area (Å²) in [7, 11) is 0. The molecular weight excluding hydrogens is 550 g/mol. The van der Waals surface area contributed by atoms with Gasteiger partial charge in [-0.25, -0.2) is 0 Å². The average Bonchev–Trinajstić information content (AvgIpc) is 3.12. The van der Waals surface area contributed by atoms with Crippen molar-refractivity contribution in [2.75, 3.05) is 57.4 Å². The molecule has 3 aromatic rings. The van der Waals surface area contributed by atoms with Crippen LogP contribution >= 0.6 is 11.6 Å². The first-order chi connectivity index (χ1) is 20.4. The topological polar surface area (TPSA) is 73.3 Å². The van der Waals surface area contributed by atoms with Crippen molar-refractivity contribution in [3.05, 3.63) is 106 Å². The normalized spacial score (nSPS) is 19.8. The number of nitrogens with zero attached hydrogens (tertiary/aromatic N) is 3. The Morgan fingerprint density at radius 1 is 0.881 bits per heavy atom. The lowest BCUT2D eigenvalue weighted by Crippen LogP contribution is -2.47. The molecule has 0 saturated carbocycles. The maximum absolute atomic E-state index is 13.9. The van der Waals surface area contributed by atoms with E-state index in [4.69, 9.17) is 16.3 Å². The van der Waals surface area contributed by atoms with Crippen LogP contribution in [0.15, 0.2) is 78.9 Å². The Morgan fingerprint density at radius 3 is 2.24 bits per heavy atom. The van der Waals surface area contributed by atoms with Crippen molar-refractivity contribution in [2.24, 2.45) is 0 Å². The van der Waals surface area contributed by atoms with Gasteiger partial charge in [-0.15, -0.1) is 0 Å². The first-order valence-electron chi connectivity index (χ1n) is 14.7. The first-order valence-corrected chi connectivity index (χ1v) is 15.1. The van der Waals surface area contributed by atoms with Gasteiger partial charge in [-0.1, -0.05) is 66.2 Å². The molecule has 0 spiro atoms. The molecule has 8 heteroatoms. The molecule has 218 valence electrons. The highest BCUT2D eigenvalue weighted by Crippen LogP contribution is 2.39. The number of aliphatic hydroxyl groups is 1. The summed E-state index contributed by atoms with van der Waals surface area (Å²) in [4.78, 5) is 33.0. The zero-order valence-electron chi connectivity index (χ0n) is 23.7. The fourth-order valence-corrected chi connectivity index (χ4v) is 6.38. The second-order valence-electron chi connectivity index (χ2n) is 11.2. The molecule has 3 heterocycles. The van der Waals surface area contributed by atoms with Crippen molar-refractivity contribution in [2.45, 2.75) is 24.9 Å². The highest BCUT2D eigenvalue weighted by molar-refractivity contribution is 6.30. The smallest absolute Gasteiger partial charge is 0.259 e. The number of morpholine rings is 1. The highest BCUT2D eigenvalue weighted by Gasteiger charge is 2.34. The number of hydrogen-bond acceptors (Lipinski definition) is 5. The molecule has 3 aliphatic rings. The third kappa shape index (κ3) is 5.88. The van der Waals surface area contributed by atoms with Gasteiger partial charge in [-0.05, 0) is 60.2 Å². The van der Waals surface area contributed by atoms with Crippen molar-refractivity contribution in [1.82, 2.24) is 9.80 Å². The molecule has 3 aliphatic heterocycles. The van der Waals surface area contributed by atoms with Gasteiger partial charge in [0.15, 0.2) is 0 Å². The zero-order chi connectivity index (χ0) is 29.1. The maximum atomic E-state index is 13.9. The van der Waals surface area contributed by atoms with Gasteiger partial charge in [0.25, 0.3) is 5.91 Å². The van der Waals surface area contributed by atoms with E-state index in [0.717, 1.165) is 54.0 Å². The van der Waals surface area contributed by atoms with E-state index in [1.807, 2.05) is 72.8 Å². The number of halogens is 1. The molecular formula is C34H36ClN3O4. The quantitative estimate of drug-likeness (QED) is 0.442. The molecule has 6 rings (SSSR count). The van der Waals surface area contributed by atoms with Gasteiger partial charge in [-0.3, -0.25) is 14.5 Å². The molecule has 0 aliphatic carbocycles. The van der Waals surface area contributed by atoms with E-state index in [-0.39, 0.29) is 18.4 Å². The fraction of sp³-hybridized carbons (Fsp3) is 0.353. The summed E-state index contributed by atoms with van der Waals surface area (Å²) in [6.07, 6.45) is 4.34. The number of fused-ring (bicyclic) bond motifs is 2. The number of rotatable bonds is 6. The molecule has 0 bridgehead atoms. The van der Waals surface area contributed by atoms with Gasteiger partial charge in [-0.2, -0.15) is 0 Å². The molecule has 0 radical (unpaired) electrons. The second kappa shape index (κ2) is 12.4. The predicted molar refractivity (Wildman–Crippen MR) is 165 cm³/mol. The van der Waals surface area contributed by atoms with Crippen LogP contribution in [0.3, 0.4) is 0 Å². The number of para-hydroxylation sites is 1. The summed E-state index contributed by atoms with van der Waals surface area (Å²) in [6.45, 7) is 4.54. The number of ether oxygens (including phenoxy) is 1. The van der Waals surface area contributed by atoms with Crippen LogP contribution < -0.4 is 4.90 Å². The van der Waals surface area contributed by atoms with Crippen molar-refractivity contribution < 1.29 is 19.4 Å². The van der Waals surface area contributed by atoms with Crippen molar-refractivity contribution in [1.29, 1.82) is 0 Å². The van der Waals surface area contributed by atoms with Crippen molar-refractivity contribution in [3.8, 4) is 0 Å². The number of carbonyl (C=O) groups excluding carboxylic acids is 2. The molecule has 7 nitrogen and oxygen atoms in total. The molecule has 2 amide bonds. The van der Waals surface area contributed by atoms with Gasteiger partial charge in [0, 0.05) is 48.9 Å². The Hall–Kier alpha value is -3.49. The van der Waals surface area contributed by atoms with E-state index < -0.39 is 5.60 Å². The van der Waals surface area contributed by atoms with Gasteiger partial charge < -0.3 is 19.6 Å². The van der Waals surface area contributed by atoms with Crippen molar-refractivity contribution >= 4 is 34.7 Å². The monoisotopic (exact) mass is 585 g/mol. The number of anilines is 1. The summed E-state index contributed by atoms with van der Waals surface area (Å²) < 4.78 is 5.41. The minimum Gasteiger partial charge on any atom is -0.385 e. The molecule has 0 unspecified atom stereocenters. The molecule has 3 aromatic carbocycles. The highest BCUT2D eigenvalue weighted by atomic mass is 35.5. The summed E-state index contributed by atoms with van der Waals surface area (Å²) in [5.41, 5.74) is 4.26. The number of hydrogen-bond donors (Lipinski definition) is 1. The second-order valence-corrected chi connectivity index (χ2v) is 11.7. The molecule has 2 saturated heterocycles. The van der Waals surface area contributed by atoms with Crippen molar-refractivity contribution in [3.63, 3.8) is 0 Å². The van der Waals surface area contributed by atoms with Crippen LogP contribution in [0, 0.1) is 0 Å². The summed E-state index contributed by atoms with van der Waals surface area (Å²) in [5.74, 6) is -0.240. The van der Waals surface area contributed by atoms with Crippen LogP contribution in [-0.2, 0) is 15.1 Å². The van der Waals surface area contributed by atoms with E-state index >= 15 is 0 Å². The number of benzene rings is 3. The van der Waals surface area contributed by atoms with Crippen LogP contribution in [0.1, 0.15) is 46.3 Å². The van der Waals surface area contributed by atoms with E-state index in [2.05, 4.69) is 11.0 Å². The third-order valence-electron chi connectivity index (χ3n) is 8.69. The fourth-order valence-electron chi connectivity index (χ4n) is 6.25. The van der Waals surface area contributed by atoms with Gasteiger partial charge in [0.1, 0.15) is 6.54 Å². The summed E-state index contributed by atoms with van der Waals surface area (Å²) in [5, 5.41) is 11.9. The van der Waals surface area contributed by atoms with Crippen LogP contribution in [0.5, 0.6) is 0 Å². The predicted octanol–water partition coefficient (Wildman–Crippen LogP) is 4.96. The van der Waals surface area contributed by atoms with E-state index in [1.54, 1.807) is 9.80 Å². The molecule has 0 aromatic heterocycles. The first kappa shape index (κ1) is 28.6. The molecule has 2 fully saturated rings. The Morgan fingerprint density at radius 2 is 1.52 bits per heavy atom. The van der Waals surface area contributed by atoms with Crippen LogP contribution in [0.25, 0.3) is 5.57 Å². The lowest BCUT2D eigenvalue weighted by Gasteiger charge is -2.38.